The summed E-state index contributed by atoms with van der Waals surface area (Å²) >= 11 is 0. The Hall–Kier alpha value is -3.61. The molecule has 7 nitrogen and oxygen atoms in total. The van der Waals surface area contributed by atoms with Gasteiger partial charge in [0.2, 0.25) is 11.7 Å². The number of esters is 1. The maximum absolute atomic E-state index is 12.8. The standard InChI is InChI=1S/C22H20N2O5/c1-14(21(26)24-12-11-15-7-5-6-10-17(15)24)29-22(27)19-18(25)13-28-20(19)23-16-8-3-2-4-9-16/h2-10,14,23H,11-13H2,1H3/t14-/m1/s1. The van der Waals surface area contributed by atoms with Crippen LogP contribution in [0.1, 0.15) is 12.5 Å². The number of carbonyl (C=O) groups excluding carboxylic acids is 3. The lowest BCUT2D eigenvalue weighted by Gasteiger charge is -2.21. The van der Waals surface area contributed by atoms with Crippen LogP contribution in [0, 0.1) is 0 Å². The monoisotopic (exact) mass is 392 g/mol. The summed E-state index contributed by atoms with van der Waals surface area (Å²) in [6.07, 6.45) is -0.280. The van der Waals surface area contributed by atoms with Gasteiger partial charge in [-0.2, -0.15) is 0 Å². The fourth-order valence-electron chi connectivity index (χ4n) is 3.42. The van der Waals surface area contributed by atoms with Crippen LogP contribution in [0.25, 0.3) is 0 Å². The second-order valence-corrected chi connectivity index (χ2v) is 6.82. The molecule has 2 aliphatic heterocycles. The molecule has 0 aliphatic carbocycles. The van der Waals surface area contributed by atoms with Gasteiger partial charge >= 0.3 is 5.97 Å². The zero-order valence-corrected chi connectivity index (χ0v) is 15.9. The van der Waals surface area contributed by atoms with Crippen LogP contribution < -0.4 is 10.2 Å². The molecule has 7 heteroatoms. The number of anilines is 2. The van der Waals surface area contributed by atoms with Gasteiger partial charge in [-0.05, 0) is 37.1 Å². The molecule has 0 spiro atoms. The molecule has 0 saturated heterocycles. The minimum absolute atomic E-state index is 0.0392. The smallest absolute Gasteiger partial charge is 0.348 e. The molecule has 0 saturated carbocycles. The molecular weight excluding hydrogens is 372 g/mol. The van der Waals surface area contributed by atoms with Gasteiger partial charge in [0.25, 0.3) is 5.91 Å². The summed E-state index contributed by atoms with van der Waals surface area (Å²) in [5.74, 6) is -1.65. The van der Waals surface area contributed by atoms with Gasteiger partial charge in [-0.25, -0.2) is 4.79 Å². The molecule has 1 atom stereocenters. The highest BCUT2D eigenvalue weighted by atomic mass is 16.6. The number of hydrogen-bond acceptors (Lipinski definition) is 6. The summed E-state index contributed by atoms with van der Waals surface area (Å²) in [5.41, 5.74) is 2.36. The molecule has 2 heterocycles. The van der Waals surface area contributed by atoms with Crippen molar-refractivity contribution in [2.24, 2.45) is 0 Å². The Morgan fingerprint density at radius 2 is 1.83 bits per heavy atom. The maximum Gasteiger partial charge on any atom is 0.348 e. The second kappa shape index (κ2) is 7.79. The highest BCUT2D eigenvalue weighted by molar-refractivity contribution is 6.20. The molecule has 2 aromatic carbocycles. The summed E-state index contributed by atoms with van der Waals surface area (Å²) < 4.78 is 10.6. The number of nitrogens with zero attached hydrogens (tertiary/aromatic N) is 1. The average Bonchev–Trinajstić information content (AvgIpc) is 3.31. The Morgan fingerprint density at radius 3 is 2.62 bits per heavy atom. The van der Waals surface area contributed by atoms with Gasteiger partial charge in [-0.15, -0.1) is 0 Å². The molecule has 0 aromatic heterocycles. The zero-order chi connectivity index (χ0) is 20.4. The number of para-hydroxylation sites is 2. The van der Waals surface area contributed by atoms with Gasteiger partial charge < -0.3 is 19.7 Å². The fourth-order valence-corrected chi connectivity index (χ4v) is 3.42. The number of nitrogens with one attached hydrogen (secondary N) is 1. The molecule has 2 aliphatic rings. The van der Waals surface area contributed by atoms with E-state index in [0.717, 1.165) is 17.7 Å². The van der Waals surface area contributed by atoms with E-state index in [-0.39, 0.29) is 24.0 Å². The SMILES string of the molecule is C[C@@H](OC(=O)C1=C(Nc2ccccc2)OCC1=O)C(=O)N1CCc2ccccc21. The number of ketones is 1. The Kier molecular flexibility index (Phi) is 5.03. The highest BCUT2D eigenvalue weighted by Crippen LogP contribution is 2.28. The Morgan fingerprint density at radius 1 is 1.10 bits per heavy atom. The number of hydrogen-bond donors (Lipinski definition) is 1. The molecule has 148 valence electrons. The van der Waals surface area contributed by atoms with E-state index in [4.69, 9.17) is 9.47 Å². The topological polar surface area (TPSA) is 84.9 Å². The number of amides is 1. The van der Waals surface area contributed by atoms with Crippen LogP contribution in [0.4, 0.5) is 11.4 Å². The van der Waals surface area contributed by atoms with E-state index in [1.807, 2.05) is 42.5 Å². The zero-order valence-electron chi connectivity index (χ0n) is 15.9. The van der Waals surface area contributed by atoms with Gasteiger partial charge in [-0.1, -0.05) is 36.4 Å². The molecule has 0 unspecified atom stereocenters. The van der Waals surface area contributed by atoms with Crippen molar-refractivity contribution in [3.8, 4) is 0 Å². The van der Waals surface area contributed by atoms with Gasteiger partial charge in [-0.3, -0.25) is 9.59 Å². The molecule has 1 amide bonds. The first-order valence-electron chi connectivity index (χ1n) is 9.37. The van der Waals surface area contributed by atoms with Gasteiger partial charge in [0.1, 0.15) is 0 Å². The largest absolute Gasteiger partial charge is 0.470 e. The number of benzene rings is 2. The number of fused-ring (bicyclic) bond motifs is 1. The minimum Gasteiger partial charge on any atom is -0.470 e. The van der Waals surface area contributed by atoms with Crippen LogP contribution in [0.5, 0.6) is 0 Å². The Balaban J connectivity index is 1.48. The Labute approximate surface area is 167 Å². The van der Waals surface area contributed by atoms with Crippen molar-refractivity contribution in [2.75, 3.05) is 23.4 Å². The van der Waals surface area contributed by atoms with Crippen LogP contribution in [0.15, 0.2) is 66.1 Å². The normalized spacial score (nSPS) is 16.3. The first-order valence-corrected chi connectivity index (χ1v) is 9.37. The van der Waals surface area contributed by atoms with E-state index < -0.39 is 17.9 Å². The quantitative estimate of drug-likeness (QED) is 0.621. The van der Waals surface area contributed by atoms with Crippen molar-refractivity contribution in [1.82, 2.24) is 0 Å². The van der Waals surface area contributed by atoms with Crippen molar-refractivity contribution in [3.63, 3.8) is 0 Å². The summed E-state index contributed by atoms with van der Waals surface area (Å²) in [5, 5.41) is 2.91. The molecule has 29 heavy (non-hydrogen) atoms. The van der Waals surface area contributed by atoms with E-state index in [2.05, 4.69) is 5.32 Å². The van der Waals surface area contributed by atoms with Crippen molar-refractivity contribution in [2.45, 2.75) is 19.4 Å². The molecule has 0 radical (unpaired) electrons. The predicted octanol–water partition coefficient (Wildman–Crippen LogP) is 2.43. The first kappa shape index (κ1) is 18.7. The van der Waals surface area contributed by atoms with Gasteiger partial charge in [0.15, 0.2) is 18.3 Å². The molecule has 0 bridgehead atoms. The van der Waals surface area contributed by atoms with Gasteiger partial charge in [0, 0.05) is 17.9 Å². The van der Waals surface area contributed by atoms with Crippen LogP contribution in [-0.2, 0) is 30.3 Å². The second-order valence-electron chi connectivity index (χ2n) is 6.82. The number of ether oxygens (including phenoxy) is 2. The third kappa shape index (κ3) is 3.71. The summed E-state index contributed by atoms with van der Waals surface area (Å²) in [4.78, 5) is 39.2. The molecule has 4 rings (SSSR count). The van der Waals surface area contributed by atoms with E-state index in [0.29, 0.717) is 12.2 Å². The van der Waals surface area contributed by atoms with Gasteiger partial charge in [0.05, 0.1) is 0 Å². The summed E-state index contributed by atoms with van der Waals surface area (Å²) in [6.45, 7) is 1.79. The maximum atomic E-state index is 12.8. The van der Waals surface area contributed by atoms with Crippen molar-refractivity contribution in [3.05, 3.63) is 71.6 Å². The molecule has 1 N–H and O–H groups in total. The van der Waals surface area contributed by atoms with Crippen LogP contribution in [0.2, 0.25) is 0 Å². The minimum atomic E-state index is -1.03. The van der Waals surface area contributed by atoms with E-state index in [1.165, 1.54) is 6.92 Å². The lowest BCUT2D eigenvalue weighted by atomic mass is 10.2. The number of carbonyl (C=O) groups is 3. The van der Waals surface area contributed by atoms with E-state index >= 15 is 0 Å². The predicted molar refractivity (Wildman–Crippen MR) is 106 cm³/mol. The number of rotatable bonds is 5. The van der Waals surface area contributed by atoms with Crippen molar-refractivity contribution < 1.29 is 23.9 Å². The number of Topliss-reactive ketones (excluding diaryl/α,β-unsaturated/α-hetero) is 1. The summed E-state index contributed by atoms with van der Waals surface area (Å²) in [7, 11) is 0. The van der Waals surface area contributed by atoms with Crippen molar-refractivity contribution in [1.29, 1.82) is 0 Å². The first-order chi connectivity index (χ1) is 14.0. The molecular formula is C22H20N2O5. The average molecular weight is 392 g/mol. The third-order valence-electron chi connectivity index (χ3n) is 4.87. The van der Waals surface area contributed by atoms with Crippen LogP contribution in [0.3, 0.4) is 0 Å². The fraction of sp³-hybridized carbons (Fsp3) is 0.227. The lowest BCUT2D eigenvalue weighted by molar-refractivity contribution is -0.150. The molecule has 2 aromatic rings. The van der Waals surface area contributed by atoms with Crippen LogP contribution in [-0.4, -0.2) is 36.9 Å². The van der Waals surface area contributed by atoms with E-state index in [9.17, 15) is 14.4 Å². The molecule has 0 fully saturated rings. The Bertz CT molecular complexity index is 999. The van der Waals surface area contributed by atoms with Crippen LogP contribution >= 0.6 is 0 Å². The summed E-state index contributed by atoms with van der Waals surface area (Å²) in [6, 6.07) is 16.7. The highest BCUT2D eigenvalue weighted by Gasteiger charge is 2.36. The van der Waals surface area contributed by atoms with Crippen molar-refractivity contribution >= 4 is 29.0 Å². The lowest BCUT2D eigenvalue weighted by Crippen LogP contribution is -2.39. The van der Waals surface area contributed by atoms with E-state index in [1.54, 1.807) is 17.0 Å². The third-order valence-corrected chi connectivity index (χ3v) is 4.87.